The molecular formula is C13H16N2O2. The van der Waals surface area contributed by atoms with Crippen LogP contribution in [0.4, 0.5) is 0 Å². The molecular weight excluding hydrogens is 216 g/mol. The van der Waals surface area contributed by atoms with Crippen LogP contribution in [0.1, 0.15) is 17.5 Å². The van der Waals surface area contributed by atoms with Crippen LogP contribution in [0.15, 0.2) is 24.3 Å². The van der Waals surface area contributed by atoms with Crippen molar-refractivity contribution in [2.24, 2.45) is 0 Å². The minimum atomic E-state index is 0.239. The lowest BCUT2D eigenvalue weighted by molar-refractivity contribution is -0.137. The summed E-state index contributed by atoms with van der Waals surface area (Å²) >= 11 is 0. The van der Waals surface area contributed by atoms with Crippen LogP contribution >= 0.6 is 0 Å². The first-order valence-corrected chi connectivity index (χ1v) is 5.77. The third-order valence-corrected chi connectivity index (χ3v) is 2.73. The fraction of sp³-hybridized carbons (Fsp3) is 0.462. The van der Waals surface area contributed by atoms with E-state index in [9.17, 15) is 0 Å². The van der Waals surface area contributed by atoms with E-state index in [1.165, 1.54) is 0 Å². The Kier molecular flexibility index (Phi) is 4.51. The Morgan fingerprint density at radius 2 is 2.41 bits per heavy atom. The standard InChI is InChI=1S/C13H16N2O2/c14-7-11-2-1-3-12(6-11)8-15-9-13-4-5-16-10-17-13/h1-3,6,13,15H,4-5,8-10H2. The van der Waals surface area contributed by atoms with Crippen molar-refractivity contribution in [2.45, 2.75) is 19.1 Å². The molecule has 0 aliphatic carbocycles. The van der Waals surface area contributed by atoms with Crippen LogP contribution in [0, 0.1) is 11.3 Å². The first kappa shape index (κ1) is 12.1. The Balaban J connectivity index is 1.75. The van der Waals surface area contributed by atoms with Crippen LogP contribution in [-0.2, 0) is 16.0 Å². The highest BCUT2D eigenvalue weighted by Crippen LogP contribution is 2.06. The number of rotatable bonds is 4. The summed E-state index contributed by atoms with van der Waals surface area (Å²) in [6.45, 7) is 2.75. The van der Waals surface area contributed by atoms with Gasteiger partial charge in [-0.05, 0) is 24.1 Å². The van der Waals surface area contributed by atoms with E-state index in [2.05, 4.69) is 11.4 Å². The minimum Gasteiger partial charge on any atom is -0.355 e. The molecule has 1 N–H and O–H groups in total. The monoisotopic (exact) mass is 232 g/mol. The van der Waals surface area contributed by atoms with Crippen LogP contribution in [0.2, 0.25) is 0 Å². The van der Waals surface area contributed by atoms with Crippen molar-refractivity contribution in [1.82, 2.24) is 5.32 Å². The first-order chi connectivity index (χ1) is 8.38. The van der Waals surface area contributed by atoms with Gasteiger partial charge in [-0.15, -0.1) is 0 Å². The van der Waals surface area contributed by atoms with E-state index in [0.29, 0.717) is 12.4 Å². The molecule has 1 aromatic rings. The fourth-order valence-electron chi connectivity index (χ4n) is 1.79. The summed E-state index contributed by atoms with van der Waals surface area (Å²) < 4.78 is 10.5. The number of hydrogen-bond acceptors (Lipinski definition) is 4. The van der Waals surface area contributed by atoms with Gasteiger partial charge in [0.1, 0.15) is 6.79 Å². The van der Waals surface area contributed by atoms with E-state index < -0.39 is 0 Å². The number of ether oxygens (including phenoxy) is 2. The molecule has 0 radical (unpaired) electrons. The zero-order valence-corrected chi connectivity index (χ0v) is 9.69. The quantitative estimate of drug-likeness (QED) is 0.852. The summed E-state index contributed by atoms with van der Waals surface area (Å²) in [7, 11) is 0. The van der Waals surface area contributed by atoms with Crippen molar-refractivity contribution in [1.29, 1.82) is 5.26 Å². The molecule has 0 aromatic heterocycles. The van der Waals surface area contributed by atoms with Crippen molar-refractivity contribution >= 4 is 0 Å². The molecule has 0 saturated carbocycles. The molecule has 0 bridgehead atoms. The normalized spacial score (nSPS) is 19.8. The Morgan fingerprint density at radius 1 is 1.47 bits per heavy atom. The average Bonchev–Trinajstić information content (AvgIpc) is 2.40. The summed E-state index contributed by atoms with van der Waals surface area (Å²) in [4.78, 5) is 0. The fourth-order valence-corrected chi connectivity index (χ4v) is 1.79. The van der Waals surface area contributed by atoms with Crippen molar-refractivity contribution in [3.63, 3.8) is 0 Å². The van der Waals surface area contributed by atoms with Gasteiger partial charge in [0.2, 0.25) is 0 Å². The van der Waals surface area contributed by atoms with E-state index in [1.807, 2.05) is 24.3 Å². The zero-order valence-electron chi connectivity index (χ0n) is 9.69. The van der Waals surface area contributed by atoms with Crippen LogP contribution < -0.4 is 5.32 Å². The number of nitrogens with zero attached hydrogens (tertiary/aromatic N) is 1. The second kappa shape index (κ2) is 6.36. The number of nitriles is 1. The molecule has 0 amide bonds. The number of nitrogens with one attached hydrogen (secondary N) is 1. The average molecular weight is 232 g/mol. The van der Waals surface area contributed by atoms with Gasteiger partial charge in [-0.25, -0.2) is 0 Å². The van der Waals surface area contributed by atoms with Gasteiger partial charge < -0.3 is 14.8 Å². The molecule has 90 valence electrons. The molecule has 4 heteroatoms. The van der Waals surface area contributed by atoms with E-state index in [4.69, 9.17) is 14.7 Å². The van der Waals surface area contributed by atoms with Gasteiger partial charge in [-0.1, -0.05) is 12.1 Å². The molecule has 1 aromatic carbocycles. The van der Waals surface area contributed by atoms with Crippen molar-refractivity contribution < 1.29 is 9.47 Å². The maximum atomic E-state index is 8.79. The van der Waals surface area contributed by atoms with Crippen LogP contribution in [-0.4, -0.2) is 26.0 Å². The highest BCUT2D eigenvalue weighted by Gasteiger charge is 2.13. The molecule has 1 saturated heterocycles. The van der Waals surface area contributed by atoms with E-state index >= 15 is 0 Å². The van der Waals surface area contributed by atoms with Crippen molar-refractivity contribution in [3.05, 3.63) is 35.4 Å². The van der Waals surface area contributed by atoms with Gasteiger partial charge in [0.05, 0.1) is 24.3 Å². The molecule has 4 nitrogen and oxygen atoms in total. The zero-order chi connectivity index (χ0) is 11.9. The Labute approximate surface area is 101 Å². The molecule has 1 unspecified atom stereocenters. The molecule has 17 heavy (non-hydrogen) atoms. The Bertz CT molecular complexity index is 395. The highest BCUT2D eigenvalue weighted by molar-refractivity contribution is 5.32. The lowest BCUT2D eigenvalue weighted by Crippen LogP contribution is -2.33. The second-order valence-electron chi connectivity index (χ2n) is 4.05. The van der Waals surface area contributed by atoms with E-state index in [1.54, 1.807) is 0 Å². The van der Waals surface area contributed by atoms with E-state index in [0.717, 1.165) is 31.7 Å². The SMILES string of the molecule is N#Cc1cccc(CNCC2CCOCO2)c1. The molecule has 1 fully saturated rings. The topological polar surface area (TPSA) is 54.3 Å². The van der Waals surface area contributed by atoms with Crippen molar-refractivity contribution in [2.75, 3.05) is 19.9 Å². The largest absolute Gasteiger partial charge is 0.355 e. The van der Waals surface area contributed by atoms with E-state index in [-0.39, 0.29) is 6.10 Å². The van der Waals surface area contributed by atoms with Crippen LogP contribution in [0.3, 0.4) is 0 Å². The third kappa shape index (κ3) is 3.82. The molecule has 1 atom stereocenters. The number of benzene rings is 1. The van der Waals surface area contributed by atoms with Crippen molar-refractivity contribution in [3.8, 4) is 6.07 Å². The molecule has 1 aliphatic heterocycles. The smallest absolute Gasteiger partial charge is 0.147 e. The number of hydrogen-bond donors (Lipinski definition) is 1. The summed E-state index contributed by atoms with van der Waals surface area (Å²) in [6.07, 6.45) is 1.17. The molecule has 1 aliphatic rings. The maximum absolute atomic E-state index is 8.79. The summed E-state index contributed by atoms with van der Waals surface area (Å²) in [6, 6.07) is 9.77. The summed E-state index contributed by atoms with van der Waals surface area (Å²) in [5.41, 5.74) is 1.82. The van der Waals surface area contributed by atoms with Gasteiger partial charge in [0.25, 0.3) is 0 Å². The van der Waals surface area contributed by atoms with Gasteiger partial charge in [0, 0.05) is 13.1 Å². The minimum absolute atomic E-state index is 0.239. The molecule has 1 heterocycles. The maximum Gasteiger partial charge on any atom is 0.147 e. The third-order valence-electron chi connectivity index (χ3n) is 2.73. The lowest BCUT2D eigenvalue weighted by Gasteiger charge is -2.23. The van der Waals surface area contributed by atoms with Crippen LogP contribution in [0.25, 0.3) is 0 Å². The summed E-state index contributed by atoms with van der Waals surface area (Å²) in [5.74, 6) is 0. The highest BCUT2D eigenvalue weighted by atomic mass is 16.7. The van der Waals surface area contributed by atoms with Gasteiger partial charge >= 0.3 is 0 Å². The molecule has 0 spiro atoms. The summed E-state index contributed by atoms with van der Waals surface area (Å²) in [5, 5.41) is 12.1. The first-order valence-electron chi connectivity index (χ1n) is 5.77. The van der Waals surface area contributed by atoms with Gasteiger partial charge in [0.15, 0.2) is 0 Å². The predicted molar refractivity (Wildman–Crippen MR) is 63.2 cm³/mol. The van der Waals surface area contributed by atoms with Crippen LogP contribution in [0.5, 0.6) is 0 Å². The lowest BCUT2D eigenvalue weighted by atomic mass is 10.1. The predicted octanol–water partition coefficient (Wildman–Crippen LogP) is 1.41. The van der Waals surface area contributed by atoms with Gasteiger partial charge in [-0.3, -0.25) is 0 Å². The second-order valence-corrected chi connectivity index (χ2v) is 4.05. The van der Waals surface area contributed by atoms with Gasteiger partial charge in [-0.2, -0.15) is 5.26 Å². The Morgan fingerprint density at radius 3 is 3.18 bits per heavy atom. The Hall–Kier alpha value is -1.41. The molecule has 2 rings (SSSR count).